The van der Waals surface area contributed by atoms with Gasteiger partial charge in [-0.1, -0.05) is 121 Å². The maximum Gasteiger partial charge on any atom is 0.227 e. The van der Waals surface area contributed by atoms with Gasteiger partial charge in [-0.05, 0) is 63.0 Å². The van der Waals surface area contributed by atoms with Crippen LogP contribution in [0.3, 0.4) is 0 Å². The summed E-state index contributed by atoms with van der Waals surface area (Å²) in [5.41, 5.74) is 8.27. The molecule has 0 aliphatic carbocycles. The number of nitrogens with zero attached hydrogens (tertiary/aromatic N) is 3. The molecule has 1 N–H and O–H groups in total. The number of nitrogens with one attached hydrogen (secondary N) is 1. The molecule has 4 heterocycles. The lowest BCUT2D eigenvalue weighted by molar-refractivity contribution is 0.654. The fourth-order valence-corrected chi connectivity index (χ4v) is 7.85. The van der Waals surface area contributed by atoms with E-state index in [2.05, 4.69) is 113 Å². The van der Waals surface area contributed by atoms with Gasteiger partial charge in [0.1, 0.15) is 28.8 Å². The molecule has 7 aromatic carbocycles. The van der Waals surface area contributed by atoms with Crippen molar-refractivity contribution in [2.45, 2.75) is 6.17 Å². The summed E-state index contributed by atoms with van der Waals surface area (Å²) in [5.74, 6) is 1.42. The van der Waals surface area contributed by atoms with E-state index in [1.165, 1.54) is 5.39 Å². The average Bonchev–Trinajstić information content (AvgIpc) is 3.77. The SMILES string of the molecule is c1ccc(C2=NC(c3cccc4oc5ccccc5c34)=NC(c3cccc4c(-c5ccnc6oc7cc8ccccc8cc7c56)cccc34)N2)cc1. The molecule has 0 amide bonds. The molecule has 6 heteroatoms. The number of hydrogen-bond donors (Lipinski definition) is 1. The van der Waals surface area contributed by atoms with Crippen molar-refractivity contribution in [1.29, 1.82) is 0 Å². The van der Waals surface area contributed by atoms with Gasteiger partial charge in [-0.3, -0.25) is 0 Å². The number of pyridine rings is 1. The predicted molar refractivity (Wildman–Crippen MR) is 211 cm³/mol. The molecule has 1 atom stereocenters. The second-order valence-corrected chi connectivity index (χ2v) is 13.2. The number of amidine groups is 2. The van der Waals surface area contributed by atoms with E-state index in [-0.39, 0.29) is 0 Å². The fraction of sp³-hybridized carbons (Fsp3) is 0.0217. The molecule has 1 aliphatic rings. The summed E-state index contributed by atoms with van der Waals surface area (Å²) >= 11 is 0. The van der Waals surface area contributed by atoms with Crippen molar-refractivity contribution in [3.8, 4) is 11.1 Å². The summed E-state index contributed by atoms with van der Waals surface area (Å²) in [5, 5.41) is 12.3. The number of para-hydroxylation sites is 1. The summed E-state index contributed by atoms with van der Waals surface area (Å²) < 4.78 is 12.6. The minimum absolute atomic E-state index is 0.409. The Morgan fingerprint density at radius 3 is 2.15 bits per heavy atom. The van der Waals surface area contributed by atoms with Crippen LogP contribution in [-0.2, 0) is 0 Å². The van der Waals surface area contributed by atoms with E-state index < -0.39 is 6.17 Å². The van der Waals surface area contributed by atoms with Crippen LogP contribution in [0.5, 0.6) is 0 Å². The van der Waals surface area contributed by atoms with Crippen LogP contribution >= 0.6 is 0 Å². The minimum atomic E-state index is -0.409. The Morgan fingerprint density at radius 2 is 1.23 bits per heavy atom. The molecule has 0 saturated heterocycles. The molecule has 0 radical (unpaired) electrons. The number of fused-ring (bicyclic) bond motifs is 8. The molecular weight excluding hydrogens is 641 g/mol. The van der Waals surface area contributed by atoms with Gasteiger partial charge >= 0.3 is 0 Å². The lowest BCUT2D eigenvalue weighted by Crippen LogP contribution is -2.33. The molecule has 0 spiro atoms. The van der Waals surface area contributed by atoms with Crippen LogP contribution in [0, 0.1) is 0 Å². The quantitative estimate of drug-likeness (QED) is 0.202. The number of benzene rings is 7. The number of aromatic nitrogens is 1. The molecular formula is C46H28N4O2. The zero-order chi connectivity index (χ0) is 34.2. The van der Waals surface area contributed by atoms with Crippen molar-refractivity contribution in [3.05, 3.63) is 175 Å². The monoisotopic (exact) mass is 668 g/mol. The van der Waals surface area contributed by atoms with Gasteiger partial charge < -0.3 is 14.2 Å². The van der Waals surface area contributed by atoms with Crippen molar-refractivity contribution in [1.82, 2.24) is 10.3 Å². The van der Waals surface area contributed by atoms with E-state index in [1.807, 2.05) is 54.7 Å². The smallest absolute Gasteiger partial charge is 0.227 e. The molecule has 3 aromatic heterocycles. The first kappa shape index (κ1) is 28.8. The lowest BCUT2D eigenvalue weighted by atomic mass is 9.92. The standard InChI is InChI=1S/C46H28N4O2/c1-2-11-27(12-3-1)43-48-44(50-45(49-43)36-20-10-22-39-41(36)35-15-6-7-21-38(35)51-39)34-19-9-16-30-31(17-8-18-32(30)34)33-23-24-47-46-42(33)37-25-28-13-4-5-14-29(28)26-40(37)52-46/h1-26,44H,(H,48,49,50). The normalized spacial score (nSPS) is 14.7. The van der Waals surface area contributed by atoms with E-state index >= 15 is 0 Å². The Morgan fingerprint density at radius 1 is 0.500 bits per heavy atom. The van der Waals surface area contributed by atoms with Gasteiger partial charge in [-0.2, -0.15) is 0 Å². The third-order valence-electron chi connectivity index (χ3n) is 10.2. The summed E-state index contributed by atoms with van der Waals surface area (Å²) in [6, 6.07) is 52.3. The zero-order valence-electron chi connectivity index (χ0n) is 27.7. The van der Waals surface area contributed by atoms with Crippen LogP contribution in [0.1, 0.15) is 22.9 Å². The Labute approximate surface area is 297 Å². The molecule has 0 saturated carbocycles. The maximum atomic E-state index is 6.35. The van der Waals surface area contributed by atoms with Crippen LogP contribution in [-0.4, -0.2) is 16.7 Å². The minimum Gasteiger partial charge on any atom is -0.456 e. The Bertz CT molecular complexity index is 3120. The highest BCUT2D eigenvalue weighted by atomic mass is 16.3. The van der Waals surface area contributed by atoms with Crippen LogP contribution < -0.4 is 5.32 Å². The summed E-state index contributed by atoms with van der Waals surface area (Å²) in [6.07, 6.45) is 1.43. The van der Waals surface area contributed by atoms with Crippen LogP contribution in [0.4, 0.5) is 0 Å². The van der Waals surface area contributed by atoms with Crippen molar-refractivity contribution in [2.75, 3.05) is 0 Å². The van der Waals surface area contributed by atoms with Crippen molar-refractivity contribution in [2.24, 2.45) is 9.98 Å². The summed E-state index contributed by atoms with van der Waals surface area (Å²) in [7, 11) is 0. The second kappa shape index (κ2) is 11.2. The Kier molecular flexibility index (Phi) is 6.21. The molecule has 1 aliphatic heterocycles. The topological polar surface area (TPSA) is 75.9 Å². The van der Waals surface area contributed by atoms with Gasteiger partial charge in [0.05, 0.1) is 5.39 Å². The maximum absolute atomic E-state index is 6.35. The van der Waals surface area contributed by atoms with E-state index in [0.717, 1.165) is 88.1 Å². The van der Waals surface area contributed by atoms with Gasteiger partial charge in [0.2, 0.25) is 5.71 Å². The van der Waals surface area contributed by atoms with Gasteiger partial charge in [0.25, 0.3) is 0 Å². The first-order valence-corrected chi connectivity index (χ1v) is 17.4. The van der Waals surface area contributed by atoms with E-state index in [1.54, 1.807) is 0 Å². The zero-order valence-corrected chi connectivity index (χ0v) is 27.7. The largest absolute Gasteiger partial charge is 0.456 e. The van der Waals surface area contributed by atoms with Gasteiger partial charge in [-0.15, -0.1) is 0 Å². The van der Waals surface area contributed by atoms with Crippen LogP contribution in [0.25, 0.3) is 76.7 Å². The second-order valence-electron chi connectivity index (χ2n) is 13.2. The van der Waals surface area contributed by atoms with Crippen molar-refractivity contribution in [3.63, 3.8) is 0 Å². The third kappa shape index (κ3) is 4.41. The van der Waals surface area contributed by atoms with Crippen molar-refractivity contribution >= 4 is 77.2 Å². The first-order chi connectivity index (χ1) is 25.8. The van der Waals surface area contributed by atoms with E-state index in [4.69, 9.17) is 18.8 Å². The Hall–Kier alpha value is -7.05. The molecule has 1 unspecified atom stereocenters. The predicted octanol–water partition coefficient (Wildman–Crippen LogP) is 11.3. The first-order valence-electron chi connectivity index (χ1n) is 17.4. The highest BCUT2D eigenvalue weighted by Crippen LogP contribution is 2.41. The molecule has 6 nitrogen and oxygen atoms in total. The number of furan rings is 2. The van der Waals surface area contributed by atoms with E-state index in [9.17, 15) is 0 Å². The average molecular weight is 669 g/mol. The Balaban J connectivity index is 1.11. The molecule has 10 aromatic rings. The number of hydrogen-bond acceptors (Lipinski definition) is 6. The summed E-state index contributed by atoms with van der Waals surface area (Å²) in [6.45, 7) is 0. The summed E-state index contributed by atoms with van der Waals surface area (Å²) in [4.78, 5) is 15.2. The van der Waals surface area contributed by atoms with Crippen molar-refractivity contribution < 1.29 is 8.83 Å². The van der Waals surface area contributed by atoms with E-state index in [0.29, 0.717) is 11.5 Å². The van der Waals surface area contributed by atoms with Crippen LogP contribution in [0.15, 0.2) is 177 Å². The number of aliphatic imine (C=N–C) groups is 2. The van der Waals surface area contributed by atoms with Crippen LogP contribution in [0.2, 0.25) is 0 Å². The molecule has 0 bridgehead atoms. The van der Waals surface area contributed by atoms with Gasteiger partial charge in [0, 0.05) is 39.0 Å². The van der Waals surface area contributed by atoms with Gasteiger partial charge in [0.15, 0.2) is 5.84 Å². The highest BCUT2D eigenvalue weighted by molar-refractivity contribution is 6.22. The fourth-order valence-electron chi connectivity index (χ4n) is 7.85. The molecule has 52 heavy (non-hydrogen) atoms. The van der Waals surface area contributed by atoms with Gasteiger partial charge in [-0.25, -0.2) is 15.0 Å². The molecule has 11 rings (SSSR count). The third-order valence-corrected chi connectivity index (χ3v) is 10.2. The molecule has 0 fully saturated rings. The highest BCUT2D eigenvalue weighted by Gasteiger charge is 2.25. The number of rotatable bonds is 4. The molecule has 244 valence electrons. The lowest BCUT2D eigenvalue weighted by Gasteiger charge is -2.25.